The average Bonchev–Trinajstić information content (AvgIpc) is 3.85. The van der Waals surface area contributed by atoms with Gasteiger partial charge in [0.25, 0.3) is 0 Å². The van der Waals surface area contributed by atoms with Crippen LogP contribution in [-0.2, 0) is 15.6 Å². The van der Waals surface area contributed by atoms with Crippen molar-refractivity contribution in [1.29, 1.82) is 0 Å². The van der Waals surface area contributed by atoms with Gasteiger partial charge in [0, 0.05) is 18.2 Å². The second kappa shape index (κ2) is 17.5. The van der Waals surface area contributed by atoms with Crippen LogP contribution in [0.3, 0.4) is 0 Å². The minimum atomic E-state index is -0.421. The van der Waals surface area contributed by atoms with Crippen molar-refractivity contribution < 1.29 is 9.59 Å². The fraction of sp³-hybridized carbons (Fsp3) is 0.170. The number of hydrogen-bond acceptors (Lipinski definition) is 4. The summed E-state index contributed by atoms with van der Waals surface area (Å²) in [5.41, 5.74) is 19.9. The van der Waals surface area contributed by atoms with E-state index in [1.807, 2.05) is 66.7 Å². The number of benzene rings is 6. The van der Waals surface area contributed by atoms with Crippen LogP contribution in [0.2, 0.25) is 0 Å². The predicted molar refractivity (Wildman–Crippen MR) is 254 cm³/mol. The van der Waals surface area contributed by atoms with Gasteiger partial charge in [0.1, 0.15) is 11.6 Å². The summed E-state index contributed by atoms with van der Waals surface area (Å²) in [6, 6.07) is 44.7. The molecule has 0 atom stereocenters. The monoisotopic (exact) mass is 804 g/mol. The lowest BCUT2D eigenvalue weighted by molar-refractivity contribution is -0.114. The lowest BCUT2D eigenvalue weighted by Crippen LogP contribution is -2.10. The number of fused-ring (bicyclic) bond motifs is 2. The summed E-state index contributed by atoms with van der Waals surface area (Å²) in [4.78, 5) is 38.5. The van der Waals surface area contributed by atoms with E-state index in [4.69, 9.17) is 5.73 Å². The van der Waals surface area contributed by atoms with Gasteiger partial charge in [-0.1, -0.05) is 139 Å². The van der Waals surface area contributed by atoms with Crippen molar-refractivity contribution in [2.24, 2.45) is 5.73 Å². The summed E-state index contributed by atoms with van der Waals surface area (Å²) >= 11 is 0. The first-order valence-corrected chi connectivity index (χ1v) is 20.4. The number of nitrogens with one attached hydrogen (secondary N) is 3. The molecule has 0 saturated heterocycles. The standard InChI is InChI=1S/C27H27N3O.C26H25N3O/c1-18(31)28-23-13-8-20(9-14-23)21-10-15-24-25(17-21)30-26(29-24)16-7-19-5-11-22(12-6-19)27(2,3)4;1-26(2,3)21-12-4-17(5-13-21)6-15-24-28-22-14-11-20(16-23(22)29-24)18-7-9-19(10-8-18)25(27)30/h5-17H,1-4H3,(H,28,31)(H,29,30);4-16H,1-3H3,(H2,27,30)(H,28,29)/b16-7+;15-6+. The van der Waals surface area contributed by atoms with E-state index in [1.54, 1.807) is 12.1 Å². The van der Waals surface area contributed by atoms with Gasteiger partial charge in [-0.15, -0.1) is 0 Å². The number of carbonyl (C=O) groups excluding carboxylic acids is 2. The van der Waals surface area contributed by atoms with E-state index in [2.05, 4.69) is 146 Å². The molecule has 0 spiro atoms. The van der Waals surface area contributed by atoms with Gasteiger partial charge in [-0.05, 0) is 116 Å². The molecule has 8 heteroatoms. The number of H-pyrrole nitrogens is 2. The number of nitrogens with zero attached hydrogens (tertiary/aromatic N) is 2. The van der Waals surface area contributed by atoms with E-state index in [0.29, 0.717) is 5.56 Å². The van der Waals surface area contributed by atoms with Crippen molar-refractivity contribution in [1.82, 2.24) is 19.9 Å². The Hall–Kier alpha value is -7.32. The molecule has 2 amide bonds. The van der Waals surface area contributed by atoms with Crippen LogP contribution in [0.25, 0.3) is 68.6 Å². The van der Waals surface area contributed by atoms with E-state index in [0.717, 1.165) is 72.8 Å². The number of anilines is 1. The zero-order chi connectivity index (χ0) is 43.3. The summed E-state index contributed by atoms with van der Waals surface area (Å²) in [5.74, 6) is 1.14. The SMILES string of the molecule is CC(=O)Nc1ccc(-c2ccc3nc(/C=C/c4ccc(C(C)(C)C)cc4)[nH]c3c2)cc1.CC(C)(C)c1ccc(/C=C/c2nc3ccc(-c4ccc(C(N)=O)cc4)cc3[nH]2)cc1. The van der Waals surface area contributed by atoms with E-state index in [-0.39, 0.29) is 16.7 Å². The van der Waals surface area contributed by atoms with Crippen molar-refractivity contribution in [3.05, 3.63) is 173 Å². The topological polar surface area (TPSA) is 130 Å². The van der Waals surface area contributed by atoms with Crippen molar-refractivity contribution >= 4 is 63.9 Å². The fourth-order valence-corrected chi connectivity index (χ4v) is 6.89. The highest BCUT2D eigenvalue weighted by molar-refractivity contribution is 5.93. The predicted octanol–water partition coefficient (Wildman–Crippen LogP) is 12.5. The second-order valence-corrected chi connectivity index (χ2v) is 17.3. The first-order chi connectivity index (χ1) is 29.1. The Kier molecular flexibility index (Phi) is 12.0. The number of primary amides is 1. The van der Waals surface area contributed by atoms with Crippen LogP contribution in [0.4, 0.5) is 5.69 Å². The summed E-state index contributed by atoms with van der Waals surface area (Å²) in [6.45, 7) is 14.8. The molecule has 0 radical (unpaired) electrons. The summed E-state index contributed by atoms with van der Waals surface area (Å²) < 4.78 is 0. The van der Waals surface area contributed by atoms with Crippen molar-refractivity contribution in [3.63, 3.8) is 0 Å². The molecule has 0 saturated carbocycles. The highest BCUT2D eigenvalue weighted by atomic mass is 16.1. The van der Waals surface area contributed by atoms with E-state index in [9.17, 15) is 9.59 Å². The van der Waals surface area contributed by atoms with Gasteiger partial charge < -0.3 is 21.0 Å². The van der Waals surface area contributed by atoms with Crippen molar-refractivity contribution in [3.8, 4) is 22.3 Å². The number of hydrogen-bond donors (Lipinski definition) is 4. The summed E-state index contributed by atoms with van der Waals surface area (Å²) in [7, 11) is 0. The maximum Gasteiger partial charge on any atom is 0.248 e. The molecule has 0 unspecified atom stereocenters. The molecule has 0 fully saturated rings. The molecule has 0 aliphatic heterocycles. The van der Waals surface area contributed by atoms with Gasteiger partial charge in [-0.3, -0.25) is 9.59 Å². The van der Waals surface area contributed by atoms with E-state index < -0.39 is 5.91 Å². The van der Waals surface area contributed by atoms with Crippen LogP contribution in [0, 0.1) is 0 Å². The number of amides is 2. The summed E-state index contributed by atoms with van der Waals surface area (Å²) in [6.07, 6.45) is 8.14. The van der Waals surface area contributed by atoms with Crippen LogP contribution in [0.15, 0.2) is 133 Å². The number of aromatic nitrogens is 4. The molecule has 0 aliphatic rings. The smallest absolute Gasteiger partial charge is 0.248 e. The fourth-order valence-electron chi connectivity index (χ4n) is 6.89. The maximum atomic E-state index is 11.3. The van der Waals surface area contributed by atoms with Gasteiger partial charge in [-0.25, -0.2) is 9.97 Å². The Morgan fingerprint density at radius 3 is 1.30 bits per heavy atom. The number of aromatic amines is 2. The minimum absolute atomic E-state index is 0.0719. The van der Waals surface area contributed by atoms with Gasteiger partial charge in [0.15, 0.2) is 0 Å². The van der Waals surface area contributed by atoms with Crippen molar-refractivity contribution in [2.75, 3.05) is 5.32 Å². The van der Waals surface area contributed by atoms with Crippen LogP contribution >= 0.6 is 0 Å². The lowest BCUT2D eigenvalue weighted by Gasteiger charge is -2.18. The lowest BCUT2D eigenvalue weighted by atomic mass is 9.87. The van der Waals surface area contributed by atoms with E-state index >= 15 is 0 Å². The van der Waals surface area contributed by atoms with Gasteiger partial charge in [0.05, 0.1) is 22.1 Å². The zero-order valence-corrected chi connectivity index (χ0v) is 35.8. The zero-order valence-electron chi connectivity index (χ0n) is 35.8. The number of carbonyl (C=O) groups is 2. The molecule has 0 bridgehead atoms. The molecular formula is C53H52N6O2. The Labute approximate surface area is 357 Å². The minimum Gasteiger partial charge on any atom is -0.366 e. The summed E-state index contributed by atoms with van der Waals surface area (Å²) in [5, 5.41) is 2.79. The Morgan fingerprint density at radius 2 is 0.918 bits per heavy atom. The third-order valence-electron chi connectivity index (χ3n) is 10.5. The number of imidazole rings is 2. The number of rotatable bonds is 8. The average molecular weight is 805 g/mol. The largest absolute Gasteiger partial charge is 0.366 e. The van der Waals surface area contributed by atoms with Gasteiger partial charge in [-0.2, -0.15) is 0 Å². The maximum absolute atomic E-state index is 11.3. The molecule has 2 aromatic heterocycles. The quantitative estimate of drug-likeness (QED) is 0.122. The normalized spacial score (nSPS) is 11.9. The molecule has 8 aromatic rings. The molecule has 306 valence electrons. The van der Waals surface area contributed by atoms with Crippen LogP contribution in [0.1, 0.15) is 92.7 Å². The van der Waals surface area contributed by atoms with Gasteiger partial charge in [0.2, 0.25) is 11.8 Å². The first-order valence-electron chi connectivity index (χ1n) is 20.4. The van der Waals surface area contributed by atoms with Crippen LogP contribution in [-0.4, -0.2) is 31.8 Å². The Morgan fingerprint density at radius 1 is 0.525 bits per heavy atom. The molecule has 61 heavy (non-hydrogen) atoms. The number of nitrogens with two attached hydrogens (primary N) is 1. The van der Waals surface area contributed by atoms with E-state index in [1.165, 1.54) is 18.1 Å². The third-order valence-corrected chi connectivity index (χ3v) is 10.5. The second-order valence-electron chi connectivity index (χ2n) is 17.3. The molecule has 0 aliphatic carbocycles. The van der Waals surface area contributed by atoms with Crippen LogP contribution < -0.4 is 11.1 Å². The molecule has 8 nitrogen and oxygen atoms in total. The molecule has 6 aromatic carbocycles. The Balaban J connectivity index is 0.000000184. The first kappa shape index (κ1) is 41.8. The van der Waals surface area contributed by atoms with Crippen molar-refractivity contribution in [2.45, 2.75) is 59.3 Å². The molecule has 8 rings (SSSR count). The Bertz CT molecular complexity index is 2860. The molecular weight excluding hydrogens is 753 g/mol. The highest BCUT2D eigenvalue weighted by Crippen LogP contribution is 2.28. The molecule has 5 N–H and O–H groups in total. The third kappa shape index (κ3) is 10.7. The van der Waals surface area contributed by atoms with Gasteiger partial charge >= 0.3 is 0 Å². The highest BCUT2D eigenvalue weighted by Gasteiger charge is 2.14. The van der Waals surface area contributed by atoms with Crippen LogP contribution in [0.5, 0.6) is 0 Å². The molecule has 2 heterocycles.